The minimum absolute atomic E-state index is 0.139. The standard InChI is InChI=1S/C8H9N/c1-7-2-4-8(6-9)5-3-7/h2-5H,6H2,1H3. The average Bonchev–Trinajstić information content (AvgIpc) is 1.90. The zero-order valence-electron chi connectivity index (χ0n) is 5.46. The maximum atomic E-state index is 8.63. The summed E-state index contributed by atoms with van der Waals surface area (Å²) in [5, 5.41) is 0. The fourth-order valence-corrected chi connectivity index (χ4v) is 0.693. The lowest BCUT2D eigenvalue weighted by Gasteiger charge is -1.93. The van der Waals surface area contributed by atoms with Crippen molar-refractivity contribution in [3.05, 3.63) is 35.4 Å². The first-order valence-corrected chi connectivity index (χ1v) is 2.99. The zero-order chi connectivity index (χ0) is 6.69. The molecule has 0 bridgehead atoms. The molecule has 1 aromatic rings. The third-order valence-corrected chi connectivity index (χ3v) is 1.30. The second kappa shape index (κ2) is 2.65. The minimum atomic E-state index is 0.139. The Labute approximate surface area is 55.5 Å². The lowest BCUT2D eigenvalue weighted by Crippen LogP contribution is -1.82. The van der Waals surface area contributed by atoms with E-state index in [1.54, 1.807) is 0 Å². The van der Waals surface area contributed by atoms with Gasteiger partial charge in [0.25, 0.3) is 0 Å². The molecule has 0 N–H and O–H groups in total. The molecule has 0 heterocycles. The highest BCUT2D eigenvalue weighted by atomic mass is 14.5. The summed E-state index contributed by atoms with van der Waals surface area (Å²) >= 11 is 0. The van der Waals surface area contributed by atoms with Crippen molar-refractivity contribution in [1.29, 1.82) is 0 Å². The van der Waals surface area contributed by atoms with Gasteiger partial charge in [-0.1, -0.05) is 29.8 Å². The van der Waals surface area contributed by atoms with Gasteiger partial charge in [-0.3, -0.25) is 0 Å². The van der Waals surface area contributed by atoms with E-state index < -0.39 is 0 Å². The molecule has 9 heavy (non-hydrogen) atoms. The highest BCUT2D eigenvalue weighted by molar-refractivity contribution is 5.20. The number of rotatable bonds is 1. The molecule has 0 saturated carbocycles. The van der Waals surface area contributed by atoms with Gasteiger partial charge in [0.15, 0.2) is 0 Å². The summed E-state index contributed by atoms with van der Waals surface area (Å²) < 4.78 is 0. The summed E-state index contributed by atoms with van der Waals surface area (Å²) in [6.07, 6.45) is 0. The molecule has 2 radical (unpaired) electrons. The van der Waals surface area contributed by atoms with Crippen LogP contribution in [0.2, 0.25) is 0 Å². The van der Waals surface area contributed by atoms with Gasteiger partial charge in [-0.05, 0) is 12.5 Å². The van der Waals surface area contributed by atoms with E-state index in [1.807, 2.05) is 31.2 Å². The normalized spacial score (nSPS) is 9.56. The average molecular weight is 119 g/mol. The maximum Gasteiger partial charge on any atom is 0.0572 e. The third-order valence-electron chi connectivity index (χ3n) is 1.30. The van der Waals surface area contributed by atoms with Crippen molar-refractivity contribution in [3.8, 4) is 0 Å². The van der Waals surface area contributed by atoms with Crippen molar-refractivity contribution in [1.82, 2.24) is 5.73 Å². The van der Waals surface area contributed by atoms with Gasteiger partial charge in [0, 0.05) is 0 Å². The molecule has 0 aromatic heterocycles. The third kappa shape index (κ3) is 1.54. The molecule has 1 nitrogen and oxygen atoms in total. The maximum absolute atomic E-state index is 8.63. The van der Waals surface area contributed by atoms with Crippen molar-refractivity contribution >= 4 is 0 Å². The monoisotopic (exact) mass is 119 g/mol. The Morgan fingerprint density at radius 1 is 1.22 bits per heavy atom. The molecule has 46 valence electrons. The highest BCUT2D eigenvalue weighted by Gasteiger charge is 1.86. The quantitative estimate of drug-likeness (QED) is 0.535. The van der Waals surface area contributed by atoms with Gasteiger partial charge >= 0.3 is 0 Å². The fraction of sp³-hybridized carbons (Fsp3) is 0.250. The van der Waals surface area contributed by atoms with Crippen LogP contribution in [0, 0.1) is 6.92 Å². The number of aryl methyl sites for hydroxylation is 1. The molecule has 0 atom stereocenters. The first-order chi connectivity index (χ1) is 4.33. The van der Waals surface area contributed by atoms with Gasteiger partial charge in [0.1, 0.15) is 0 Å². The second-order valence-corrected chi connectivity index (χ2v) is 2.14. The molecule has 0 fully saturated rings. The van der Waals surface area contributed by atoms with Crippen LogP contribution in [-0.2, 0) is 6.54 Å². The van der Waals surface area contributed by atoms with Crippen LogP contribution in [-0.4, -0.2) is 0 Å². The van der Waals surface area contributed by atoms with Gasteiger partial charge in [-0.2, -0.15) is 0 Å². The number of hydrogen-bond acceptors (Lipinski definition) is 0. The first kappa shape index (κ1) is 6.30. The fourth-order valence-electron chi connectivity index (χ4n) is 0.693. The van der Waals surface area contributed by atoms with Crippen LogP contribution < -0.4 is 5.73 Å². The van der Waals surface area contributed by atoms with Gasteiger partial charge in [0.05, 0.1) is 6.54 Å². The van der Waals surface area contributed by atoms with E-state index in [-0.39, 0.29) is 6.54 Å². The first-order valence-electron chi connectivity index (χ1n) is 2.99. The predicted molar refractivity (Wildman–Crippen MR) is 37.0 cm³/mol. The molecule has 0 unspecified atom stereocenters. The Balaban J connectivity index is 2.88. The van der Waals surface area contributed by atoms with Crippen LogP contribution in [0.1, 0.15) is 11.1 Å². The molecular formula is C8H9N. The van der Waals surface area contributed by atoms with Crippen LogP contribution in [0.25, 0.3) is 0 Å². The van der Waals surface area contributed by atoms with Gasteiger partial charge < -0.3 is 0 Å². The van der Waals surface area contributed by atoms with Gasteiger partial charge in [0.2, 0.25) is 0 Å². The summed E-state index contributed by atoms with van der Waals surface area (Å²) in [6.45, 7) is 2.17. The van der Waals surface area contributed by atoms with E-state index in [1.165, 1.54) is 5.56 Å². The molecule has 1 heteroatoms. The largest absolute Gasteiger partial charge is 0.140 e. The Bertz CT molecular complexity index is 176. The lowest BCUT2D eigenvalue weighted by molar-refractivity contribution is 1.03. The van der Waals surface area contributed by atoms with E-state index in [2.05, 4.69) is 0 Å². The number of hydrogen-bond donors (Lipinski definition) is 0. The molecule has 0 spiro atoms. The predicted octanol–water partition coefficient (Wildman–Crippen LogP) is 1.56. The molecule has 0 aliphatic rings. The zero-order valence-corrected chi connectivity index (χ0v) is 5.46. The molecule has 0 aliphatic carbocycles. The summed E-state index contributed by atoms with van der Waals surface area (Å²) in [7, 11) is 0. The van der Waals surface area contributed by atoms with Crippen molar-refractivity contribution in [3.63, 3.8) is 0 Å². The van der Waals surface area contributed by atoms with Crippen molar-refractivity contribution in [2.75, 3.05) is 0 Å². The SMILES string of the molecule is Cc1ccc(C[N])cc1. The Morgan fingerprint density at radius 3 is 2.22 bits per heavy atom. The molecule has 0 saturated heterocycles. The number of benzene rings is 1. The van der Waals surface area contributed by atoms with Gasteiger partial charge in [-0.25, -0.2) is 0 Å². The topological polar surface area (TPSA) is 22.3 Å². The summed E-state index contributed by atoms with van der Waals surface area (Å²) in [6, 6.07) is 7.84. The Hall–Kier alpha value is -0.820. The van der Waals surface area contributed by atoms with Crippen LogP contribution >= 0.6 is 0 Å². The van der Waals surface area contributed by atoms with Gasteiger partial charge in [-0.15, -0.1) is 5.73 Å². The number of nitrogens with zero attached hydrogens (tertiary/aromatic N) is 1. The molecule has 1 rings (SSSR count). The van der Waals surface area contributed by atoms with Crippen LogP contribution in [0.4, 0.5) is 0 Å². The van der Waals surface area contributed by atoms with E-state index >= 15 is 0 Å². The van der Waals surface area contributed by atoms with Crippen molar-refractivity contribution in [2.45, 2.75) is 13.5 Å². The highest BCUT2D eigenvalue weighted by Crippen LogP contribution is 2.01. The minimum Gasteiger partial charge on any atom is -0.140 e. The lowest BCUT2D eigenvalue weighted by atomic mass is 10.2. The summed E-state index contributed by atoms with van der Waals surface area (Å²) in [5.74, 6) is 0. The van der Waals surface area contributed by atoms with E-state index in [9.17, 15) is 0 Å². The van der Waals surface area contributed by atoms with E-state index in [0.29, 0.717) is 0 Å². The molecular weight excluding hydrogens is 110 g/mol. The smallest absolute Gasteiger partial charge is 0.0572 e. The second-order valence-electron chi connectivity index (χ2n) is 2.14. The van der Waals surface area contributed by atoms with E-state index in [0.717, 1.165) is 5.56 Å². The summed E-state index contributed by atoms with van der Waals surface area (Å²) in [4.78, 5) is 0. The molecule has 1 aromatic carbocycles. The molecule has 0 amide bonds. The van der Waals surface area contributed by atoms with Crippen molar-refractivity contribution < 1.29 is 0 Å². The van der Waals surface area contributed by atoms with Crippen LogP contribution in [0.5, 0.6) is 0 Å². The Kier molecular flexibility index (Phi) is 1.85. The van der Waals surface area contributed by atoms with E-state index in [4.69, 9.17) is 5.73 Å². The van der Waals surface area contributed by atoms with Crippen LogP contribution in [0.3, 0.4) is 0 Å². The summed E-state index contributed by atoms with van der Waals surface area (Å²) in [5.41, 5.74) is 10.8. The Morgan fingerprint density at radius 2 is 1.78 bits per heavy atom. The van der Waals surface area contributed by atoms with Crippen LogP contribution in [0.15, 0.2) is 24.3 Å². The molecule has 0 aliphatic heterocycles. The van der Waals surface area contributed by atoms with Crippen molar-refractivity contribution in [2.24, 2.45) is 0 Å².